The van der Waals surface area contributed by atoms with Gasteiger partial charge in [-0.05, 0) is 42.8 Å². The maximum atomic E-state index is 11.9. The van der Waals surface area contributed by atoms with Gasteiger partial charge in [0.2, 0.25) is 0 Å². The van der Waals surface area contributed by atoms with Crippen LogP contribution in [0.15, 0.2) is 76.6 Å². The van der Waals surface area contributed by atoms with Gasteiger partial charge < -0.3 is 19.9 Å². The molecule has 0 radical (unpaired) electrons. The fraction of sp³-hybridized carbons (Fsp3) is 0.136. The Morgan fingerprint density at radius 1 is 1.10 bits per heavy atom. The maximum absolute atomic E-state index is 11.9. The Bertz CT molecular complexity index is 1010. The first kappa shape index (κ1) is 19.9. The molecule has 29 heavy (non-hydrogen) atoms. The molecule has 0 fully saturated rings. The molecule has 0 atom stereocenters. The van der Waals surface area contributed by atoms with E-state index in [9.17, 15) is 14.7 Å². The lowest BCUT2D eigenvalue weighted by molar-refractivity contribution is -0.135. The highest BCUT2D eigenvalue weighted by atomic mass is 16.5. The minimum atomic E-state index is -0.635. The van der Waals surface area contributed by atoms with Crippen LogP contribution in [0.5, 0.6) is 5.75 Å². The van der Waals surface area contributed by atoms with Gasteiger partial charge in [-0.25, -0.2) is 9.79 Å². The third-order valence-corrected chi connectivity index (χ3v) is 4.13. The predicted molar refractivity (Wildman–Crippen MR) is 110 cm³/mol. The van der Waals surface area contributed by atoms with Gasteiger partial charge in [-0.3, -0.25) is 4.79 Å². The number of aliphatic hydroxyl groups excluding tert-OH is 1. The number of anilines is 1. The Morgan fingerprint density at radius 3 is 2.45 bits per heavy atom. The number of rotatable bonds is 6. The number of hydrogen-bond acceptors (Lipinski definition) is 6. The number of carbonyl (C=O) groups is 2. The van der Waals surface area contributed by atoms with Crippen LogP contribution in [0.1, 0.15) is 12.5 Å². The van der Waals surface area contributed by atoms with E-state index >= 15 is 0 Å². The molecule has 2 aromatic rings. The summed E-state index contributed by atoms with van der Waals surface area (Å²) in [6.07, 6.45) is 1.64. The summed E-state index contributed by atoms with van der Waals surface area (Å²) in [6, 6.07) is 16.0. The van der Waals surface area contributed by atoms with Gasteiger partial charge in [-0.2, -0.15) is 0 Å². The van der Waals surface area contributed by atoms with Crippen molar-refractivity contribution >= 4 is 29.4 Å². The molecule has 7 heteroatoms. The van der Waals surface area contributed by atoms with Crippen molar-refractivity contribution in [2.75, 3.05) is 19.0 Å². The summed E-state index contributed by atoms with van der Waals surface area (Å²) in [6.45, 7) is 1.51. The van der Waals surface area contributed by atoms with Gasteiger partial charge in [0.15, 0.2) is 12.4 Å². The summed E-state index contributed by atoms with van der Waals surface area (Å²) < 4.78 is 10.1. The fourth-order valence-corrected chi connectivity index (χ4v) is 2.72. The second kappa shape index (κ2) is 8.88. The molecule has 0 bridgehead atoms. The van der Waals surface area contributed by atoms with Gasteiger partial charge in [0.05, 0.1) is 12.8 Å². The molecule has 1 heterocycles. The van der Waals surface area contributed by atoms with Gasteiger partial charge in [0, 0.05) is 5.69 Å². The van der Waals surface area contributed by atoms with Crippen LogP contribution < -0.4 is 10.1 Å². The fourth-order valence-electron chi connectivity index (χ4n) is 2.72. The monoisotopic (exact) mass is 392 g/mol. The van der Waals surface area contributed by atoms with Crippen LogP contribution in [0.3, 0.4) is 0 Å². The highest BCUT2D eigenvalue weighted by Crippen LogP contribution is 2.26. The zero-order valence-electron chi connectivity index (χ0n) is 16.0. The van der Waals surface area contributed by atoms with E-state index in [-0.39, 0.29) is 29.5 Å². The molecule has 0 saturated carbocycles. The molecule has 0 unspecified atom stereocenters. The van der Waals surface area contributed by atoms with Crippen molar-refractivity contribution in [2.24, 2.45) is 4.99 Å². The average molecular weight is 392 g/mol. The van der Waals surface area contributed by atoms with Crippen molar-refractivity contribution in [1.29, 1.82) is 0 Å². The molecular formula is C22H20N2O5. The van der Waals surface area contributed by atoms with E-state index in [1.165, 1.54) is 7.11 Å². The van der Waals surface area contributed by atoms with Crippen LogP contribution in [-0.2, 0) is 14.3 Å². The number of nitrogens with one attached hydrogen (secondary N) is 1. The summed E-state index contributed by atoms with van der Waals surface area (Å²) in [5, 5.41) is 13.0. The van der Waals surface area contributed by atoms with Gasteiger partial charge in [0.25, 0.3) is 5.91 Å². The number of esters is 1. The van der Waals surface area contributed by atoms with Crippen molar-refractivity contribution in [1.82, 2.24) is 0 Å². The topological polar surface area (TPSA) is 97.2 Å². The highest BCUT2D eigenvalue weighted by Gasteiger charge is 2.27. The maximum Gasteiger partial charge on any atom is 0.343 e. The number of benzene rings is 2. The quantitative estimate of drug-likeness (QED) is 0.734. The molecule has 2 N–H and O–H groups in total. The van der Waals surface area contributed by atoms with Crippen LogP contribution in [0.4, 0.5) is 5.69 Å². The molecule has 1 amide bonds. The largest absolute Gasteiger partial charge is 0.505 e. The van der Waals surface area contributed by atoms with Crippen LogP contribution in [0.2, 0.25) is 0 Å². The van der Waals surface area contributed by atoms with Crippen LogP contribution in [0, 0.1) is 0 Å². The molecular weight excluding hydrogens is 372 g/mol. The number of methoxy groups -OCH3 is 1. The number of nitrogens with zero attached hydrogens (tertiary/aromatic N) is 1. The lowest BCUT2D eigenvalue weighted by Gasteiger charge is -2.07. The molecule has 0 aromatic heterocycles. The van der Waals surface area contributed by atoms with Crippen molar-refractivity contribution in [3.63, 3.8) is 0 Å². The number of aliphatic imine (C=N–C) groups is 1. The third-order valence-electron chi connectivity index (χ3n) is 4.13. The smallest absolute Gasteiger partial charge is 0.343 e. The Morgan fingerprint density at radius 2 is 1.79 bits per heavy atom. The normalized spacial score (nSPS) is 14.6. The Hall–Kier alpha value is -3.87. The minimum Gasteiger partial charge on any atom is -0.505 e. The summed E-state index contributed by atoms with van der Waals surface area (Å²) in [4.78, 5) is 27.9. The van der Waals surface area contributed by atoms with E-state index < -0.39 is 5.97 Å². The van der Waals surface area contributed by atoms with Gasteiger partial charge in [-0.15, -0.1) is 0 Å². The van der Waals surface area contributed by atoms with Crippen molar-refractivity contribution in [3.8, 4) is 5.75 Å². The number of carbonyl (C=O) groups excluding carboxylic acids is 2. The molecule has 0 saturated heterocycles. The molecule has 1 aliphatic rings. The lowest BCUT2D eigenvalue weighted by atomic mass is 10.1. The lowest BCUT2D eigenvalue weighted by Crippen LogP contribution is -2.20. The second-order valence-corrected chi connectivity index (χ2v) is 6.21. The van der Waals surface area contributed by atoms with E-state index in [1.807, 2.05) is 18.2 Å². The van der Waals surface area contributed by atoms with Crippen LogP contribution in [-0.4, -0.2) is 36.4 Å². The van der Waals surface area contributed by atoms with Crippen LogP contribution >= 0.6 is 0 Å². The third kappa shape index (κ3) is 4.90. The molecule has 7 nitrogen and oxygen atoms in total. The average Bonchev–Trinajstić information content (AvgIpc) is 3.00. The van der Waals surface area contributed by atoms with Crippen molar-refractivity contribution in [2.45, 2.75) is 6.92 Å². The Labute approximate surface area is 168 Å². The predicted octanol–water partition coefficient (Wildman–Crippen LogP) is 3.50. The van der Waals surface area contributed by atoms with Gasteiger partial charge in [-0.1, -0.05) is 30.3 Å². The number of ether oxygens (including phenoxy) is 2. The standard InChI is InChI=1S/C22H20N2O5/c1-14-20(22(27)28-2)21(26)18(23-14)12-15-8-10-17(11-9-15)29-13-19(25)24-16-6-4-3-5-7-16/h3-12,26H,13H2,1-2H3,(H,24,25)/b18-12+. The summed E-state index contributed by atoms with van der Waals surface area (Å²) in [5.41, 5.74) is 2.18. The summed E-state index contributed by atoms with van der Waals surface area (Å²) in [7, 11) is 1.25. The van der Waals surface area contributed by atoms with Crippen molar-refractivity contribution < 1.29 is 24.2 Å². The Kier molecular flexibility index (Phi) is 6.09. The van der Waals surface area contributed by atoms with Gasteiger partial charge >= 0.3 is 5.97 Å². The highest BCUT2D eigenvalue weighted by molar-refractivity contribution is 6.22. The molecule has 0 aliphatic carbocycles. The Balaban J connectivity index is 1.62. The molecule has 2 aromatic carbocycles. The molecule has 1 aliphatic heterocycles. The molecule has 0 spiro atoms. The zero-order chi connectivity index (χ0) is 20.8. The first-order valence-corrected chi connectivity index (χ1v) is 8.85. The second-order valence-electron chi connectivity index (χ2n) is 6.21. The van der Waals surface area contributed by atoms with Crippen LogP contribution in [0.25, 0.3) is 6.08 Å². The zero-order valence-corrected chi connectivity index (χ0v) is 16.0. The van der Waals surface area contributed by atoms with Gasteiger partial charge in [0.1, 0.15) is 17.0 Å². The number of hydrogen-bond donors (Lipinski definition) is 2. The van der Waals surface area contributed by atoms with E-state index in [0.717, 1.165) is 5.56 Å². The summed E-state index contributed by atoms with van der Waals surface area (Å²) in [5.74, 6) is -0.586. The first-order chi connectivity index (χ1) is 14.0. The van der Waals surface area contributed by atoms with E-state index in [0.29, 0.717) is 17.1 Å². The van der Waals surface area contributed by atoms with Crippen molar-refractivity contribution in [3.05, 3.63) is 77.2 Å². The van der Waals surface area contributed by atoms with E-state index in [1.54, 1.807) is 49.4 Å². The molecule has 3 rings (SSSR count). The molecule has 148 valence electrons. The SMILES string of the molecule is COC(=O)C1=C(O)/C(=C\c2ccc(OCC(=O)Nc3ccccc3)cc2)N=C1C. The minimum absolute atomic E-state index is 0.0585. The number of aliphatic hydroxyl groups is 1. The number of para-hydroxylation sites is 1. The number of amides is 1. The summed E-state index contributed by atoms with van der Waals surface area (Å²) >= 11 is 0. The van der Waals surface area contributed by atoms with E-state index in [4.69, 9.17) is 4.74 Å². The van der Waals surface area contributed by atoms with E-state index in [2.05, 4.69) is 15.0 Å². The first-order valence-electron chi connectivity index (χ1n) is 8.85.